The van der Waals surface area contributed by atoms with Gasteiger partial charge in [0.2, 0.25) is 5.91 Å². The van der Waals surface area contributed by atoms with E-state index in [1.54, 1.807) is 6.08 Å². The van der Waals surface area contributed by atoms with Gasteiger partial charge in [0.05, 0.1) is 38.6 Å². The summed E-state index contributed by atoms with van der Waals surface area (Å²) < 4.78 is 34.1. The van der Waals surface area contributed by atoms with Gasteiger partial charge >= 0.3 is 0 Å². The number of aliphatic hydroxyl groups is 11. The molecule has 0 aromatic heterocycles. The zero-order chi connectivity index (χ0) is 50.6. The Morgan fingerprint density at radius 3 is 1.41 bits per heavy atom. The molecule has 3 saturated heterocycles. The van der Waals surface area contributed by atoms with E-state index in [-0.39, 0.29) is 18.9 Å². The molecule has 17 atom stereocenters. The second-order valence-corrected chi connectivity index (χ2v) is 19.0. The van der Waals surface area contributed by atoms with Gasteiger partial charge in [0, 0.05) is 6.42 Å². The number of hydrogen-bond donors (Lipinski definition) is 12. The molecule has 0 aromatic carbocycles. The number of amides is 1. The molecule has 12 N–H and O–H groups in total. The maximum Gasteiger partial charge on any atom is 0.220 e. The average Bonchev–Trinajstić information content (AvgIpc) is 3.34. The first-order valence-electron chi connectivity index (χ1n) is 26.1. The monoisotopic (exact) mass is 994 g/mol. The molecule has 1 amide bonds. The Labute approximate surface area is 409 Å². The Morgan fingerprint density at radius 1 is 0.507 bits per heavy atom. The number of allylic oxidation sites excluding steroid dienone is 3. The third-order valence-corrected chi connectivity index (χ3v) is 13.2. The lowest BCUT2D eigenvalue weighted by molar-refractivity contribution is -0.379. The number of ether oxygens (including phenoxy) is 6. The predicted octanol–water partition coefficient (Wildman–Crippen LogP) is 2.03. The van der Waals surface area contributed by atoms with E-state index in [9.17, 15) is 61.0 Å². The van der Waals surface area contributed by atoms with Crippen LogP contribution in [0, 0.1) is 0 Å². The molecule has 3 rings (SSSR count). The molecule has 19 heteroatoms. The van der Waals surface area contributed by atoms with Crippen molar-refractivity contribution in [3.8, 4) is 0 Å². The number of carbonyl (C=O) groups excluding carboxylic acids is 1. The van der Waals surface area contributed by atoms with Gasteiger partial charge < -0.3 is 89.9 Å². The van der Waals surface area contributed by atoms with E-state index in [1.165, 1.54) is 64.2 Å². The summed E-state index contributed by atoms with van der Waals surface area (Å²) in [6.07, 6.45) is 4.80. The van der Waals surface area contributed by atoms with Gasteiger partial charge in [-0.15, -0.1) is 0 Å². The minimum Gasteiger partial charge on any atom is -0.394 e. The van der Waals surface area contributed by atoms with Crippen LogP contribution in [-0.4, -0.2) is 193 Å². The Morgan fingerprint density at radius 2 is 0.913 bits per heavy atom. The van der Waals surface area contributed by atoms with Crippen LogP contribution in [0.2, 0.25) is 0 Å². The van der Waals surface area contributed by atoms with Crippen molar-refractivity contribution >= 4 is 5.91 Å². The standard InChI is InChI=1S/C50H91NO18/c1-3-5-7-9-11-13-14-15-16-17-18-20-22-24-26-28-38(56)51-33(34(55)27-25-23-21-19-12-10-8-6-4-2)32-64-48-44(62)41(59)46(36(30-53)66-48)69-50-45(63)42(60)47(37(31-54)67-50)68-49-43(61)40(58)39(57)35(29-52)65-49/h15-16,25,27,33-37,39-50,52-55,57-63H,3-14,17-24,26,28-32H2,1-2H3,(H,51,56)/b16-15-,27-25+. The highest BCUT2D eigenvalue weighted by Gasteiger charge is 2.53. The summed E-state index contributed by atoms with van der Waals surface area (Å²) in [7, 11) is 0. The fourth-order valence-electron chi connectivity index (χ4n) is 8.83. The number of nitrogens with one attached hydrogen (secondary N) is 1. The van der Waals surface area contributed by atoms with Crippen LogP contribution in [0.25, 0.3) is 0 Å². The summed E-state index contributed by atoms with van der Waals surface area (Å²) in [5.41, 5.74) is 0. The lowest BCUT2D eigenvalue weighted by Gasteiger charge is -2.48. The molecule has 0 spiro atoms. The quantitative estimate of drug-likeness (QED) is 0.0316. The number of carbonyl (C=O) groups is 1. The van der Waals surface area contributed by atoms with Crippen LogP contribution >= 0.6 is 0 Å². The van der Waals surface area contributed by atoms with Gasteiger partial charge in [0.1, 0.15) is 73.2 Å². The fourth-order valence-corrected chi connectivity index (χ4v) is 8.83. The molecule has 0 radical (unpaired) electrons. The fraction of sp³-hybridized carbons (Fsp3) is 0.900. The van der Waals surface area contributed by atoms with E-state index in [4.69, 9.17) is 28.4 Å². The van der Waals surface area contributed by atoms with Gasteiger partial charge in [-0.05, 0) is 44.9 Å². The largest absolute Gasteiger partial charge is 0.394 e. The van der Waals surface area contributed by atoms with Crippen molar-refractivity contribution in [1.29, 1.82) is 0 Å². The third-order valence-electron chi connectivity index (χ3n) is 13.2. The van der Waals surface area contributed by atoms with Gasteiger partial charge in [0.25, 0.3) is 0 Å². The molecule has 3 heterocycles. The van der Waals surface area contributed by atoms with Crippen LogP contribution < -0.4 is 5.32 Å². The van der Waals surface area contributed by atoms with Crippen LogP contribution in [0.15, 0.2) is 24.3 Å². The molecule has 17 unspecified atom stereocenters. The minimum atomic E-state index is -1.98. The lowest BCUT2D eigenvalue weighted by Crippen LogP contribution is -2.66. The number of unbranched alkanes of at least 4 members (excludes halogenated alkanes) is 18. The van der Waals surface area contributed by atoms with Gasteiger partial charge in [-0.3, -0.25) is 4.79 Å². The number of aliphatic hydroxyl groups excluding tert-OH is 11. The summed E-state index contributed by atoms with van der Waals surface area (Å²) in [4.78, 5) is 13.2. The molecular weight excluding hydrogens is 903 g/mol. The van der Waals surface area contributed by atoms with E-state index in [0.29, 0.717) is 6.42 Å². The highest BCUT2D eigenvalue weighted by atomic mass is 16.8. The number of hydrogen-bond acceptors (Lipinski definition) is 18. The molecule has 0 saturated carbocycles. The van der Waals surface area contributed by atoms with E-state index < -0.39 is 124 Å². The Balaban J connectivity index is 1.55. The number of rotatable bonds is 36. The van der Waals surface area contributed by atoms with Crippen molar-refractivity contribution in [2.24, 2.45) is 0 Å². The second kappa shape index (κ2) is 35.4. The van der Waals surface area contributed by atoms with Crippen molar-refractivity contribution in [2.75, 3.05) is 26.4 Å². The summed E-state index contributed by atoms with van der Waals surface area (Å²) in [6.45, 7) is 1.63. The highest BCUT2D eigenvalue weighted by Crippen LogP contribution is 2.33. The molecule has 0 aromatic rings. The molecule has 3 aliphatic heterocycles. The van der Waals surface area contributed by atoms with Crippen molar-refractivity contribution < 1.29 is 89.4 Å². The van der Waals surface area contributed by atoms with E-state index in [1.807, 2.05) is 6.08 Å². The van der Waals surface area contributed by atoms with E-state index >= 15 is 0 Å². The zero-order valence-electron chi connectivity index (χ0n) is 41.3. The predicted molar refractivity (Wildman–Crippen MR) is 254 cm³/mol. The molecule has 404 valence electrons. The minimum absolute atomic E-state index is 0.234. The van der Waals surface area contributed by atoms with Crippen molar-refractivity contribution in [3.63, 3.8) is 0 Å². The van der Waals surface area contributed by atoms with Crippen LogP contribution in [0.5, 0.6) is 0 Å². The van der Waals surface area contributed by atoms with Crippen molar-refractivity contribution in [2.45, 2.75) is 259 Å². The molecule has 19 nitrogen and oxygen atoms in total. The summed E-state index contributed by atoms with van der Waals surface area (Å²) in [5, 5.41) is 119. The molecule has 3 aliphatic rings. The Hall–Kier alpha value is -1.73. The third kappa shape index (κ3) is 21.3. The summed E-state index contributed by atoms with van der Waals surface area (Å²) >= 11 is 0. The highest BCUT2D eigenvalue weighted by molar-refractivity contribution is 5.76. The smallest absolute Gasteiger partial charge is 0.220 e. The van der Waals surface area contributed by atoms with Crippen LogP contribution in [-0.2, 0) is 33.2 Å². The van der Waals surface area contributed by atoms with Gasteiger partial charge in [-0.25, -0.2) is 0 Å². The maximum absolute atomic E-state index is 13.2. The molecule has 3 fully saturated rings. The maximum atomic E-state index is 13.2. The zero-order valence-corrected chi connectivity index (χ0v) is 41.3. The second-order valence-electron chi connectivity index (χ2n) is 19.0. The average molecular weight is 994 g/mol. The first-order valence-corrected chi connectivity index (χ1v) is 26.1. The topological polar surface area (TPSA) is 307 Å². The van der Waals surface area contributed by atoms with Gasteiger partial charge in [-0.2, -0.15) is 0 Å². The summed E-state index contributed by atoms with van der Waals surface area (Å²) in [5.74, 6) is -0.289. The van der Waals surface area contributed by atoms with Crippen LogP contribution in [0.1, 0.15) is 155 Å². The Kier molecular flexibility index (Phi) is 31.6. The molecule has 0 bridgehead atoms. The first kappa shape index (κ1) is 61.6. The lowest BCUT2D eigenvalue weighted by atomic mass is 9.96. The van der Waals surface area contributed by atoms with Gasteiger partial charge in [0.15, 0.2) is 18.9 Å². The van der Waals surface area contributed by atoms with Crippen molar-refractivity contribution in [3.05, 3.63) is 24.3 Å². The van der Waals surface area contributed by atoms with Crippen LogP contribution in [0.3, 0.4) is 0 Å². The molecule has 0 aliphatic carbocycles. The van der Waals surface area contributed by atoms with Crippen LogP contribution in [0.4, 0.5) is 0 Å². The Bertz CT molecular complexity index is 1380. The SMILES string of the molecule is CCCCCCCC/C=C\CCCCCCCC(=O)NC(COC1OC(CO)C(OC2OC(CO)C(OC3OC(CO)C(O)C(O)C3O)C(O)C2O)C(O)C1O)C(O)/C=C/CCCCCCCCC. The van der Waals surface area contributed by atoms with Crippen molar-refractivity contribution in [1.82, 2.24) is 5.32 Å². The molecule has 69 heavy (non-hydrogen) atoms. The van der Waals surface area contributed by atoms with Gasteiger partial charge in [-0.1, -0.05) is 128 Å². The van der Waals surface area contributed by atoms with E-state index in [0.717, 1.165) is 64.2 Å². The first-order chi connectivity index (χ1) is 33.3. The summed E-state index contributed by atoms with van der Waals surface area (Å²) in [6, 6.07) is -0.971. The normalized spacial score (nSPS) is 33.0. The molecular formula is C50H91NO18. The van der Waals surface area contributed by atoms with E-state index in [2.05, 4.69) is 31.3 Å².